The average Bonchev–Trinajstić information content (AvgIpc) is 2.93. The Bertz CT molecular complexity index is 399. The van der Waals surface area contributed by atoms with Crippen molar-refractivity contribution in [2.45, 2.75) is 58.2 Å². The molecule has 1 aromatic heterocycles. The van der Waals surface area contributed by atoms with Crippen molar-refractivity contribution in [2.24, 2.45) is 0 Å². The van der Waals surface area contributed by atoms with E-state index < -0.39 is 0 Å². The van der Waals surface area contributed by atoms with Crippen LogP contribution < -0.4 is 5.32 Å². The molecule has 1 aliphatic rings. The van der Waals surface area contributed by atoms with Crippen LogP contribution in [0.3, 0.4) is 0 Å². The van der Waals surface area contributed by atoms with E-state index in [1.807, 2.05) is 6.07 Å². The van der Waals surface area contributed by atoms with E-state index in [9.17, 15) is 4.39 Å². The summed E-state index contributed by atoms with van der Waals surface area (Å²) in [5, 5.41) is 3.56. The van der Waals surface area contributed by atoms with Gasteiger partial charge < -0.3 is 5.32 Å². The maximum Gasteiger partial charge on any atom is 0.141 e. The van der Waals surface area contributed by atoms with Gasteiger partial charge in [0.15, 0.2) is 0 Å². The first-order valence-electron chi connectivity index (χ1n) is 7.72. The molecule has 112 valence electrons. The van der Waals surface area contributed by atoms with E-state index >= 15 is 0 Å². The van der Waals surface area contributed by atoms with E-state index in [0.29, 0.717) is 12.1 Å². The highest BCUT2D eigenvalue weighted by atomic mass is 19.1. The van der Waals surface area contributed by atoms with Crippen molar-refractivity contribution in [1.29, 1.82) is 0 Å². The zero-order valence-corrected chi connectivity index (χ0v) is 12.8. The molecule has 1 fully saturated rings. The molecule has 2 heterocycles. The van der Waals surface area contributed by atoms with Crippen LogP contribution in [0.25, 0.3) is 0 Å². The van der Waals surface area contributed by atoms with E-state index in [1.54, 1.807) is 0 Å². The fraction of sp³-hybridized carbons (Fsp3) is 0.688. The van der Waals surface area contributed by atoms with Crippen molar-refractivity contribution >= 4 is 0 Å². The first-order valence-corrected chi connectivity index (χ1v) is 7.72. The van der Waals surface area contributed by atoms with Gasteiger partial charge in [0.05, 0.1) is 17.9 Å². The third kappa shape index (κ3) is 3.76. The summed E-state index contributed by atoms with van der Waals surface area (Å²) in [6.07, 6.45) is 4.83. The first kappa shape index (κ1) is 15.4. The van der Waals surface area contributed by atoms with Crippen LogP contribution in [-0.4, -0.2) is 35.1 Å². The molecule has 1 aliphatic heterocycles. The molecule has 20 heavy (non-hydrogen) atoms. The SMILES string of the molecule is CCC(c1ccc(F)cn1)N(CC1CCCN1)C(C)C. The maximum absolute atomic E-state index is 13.1. The van der Waals surface area contributed by atoms with E-state index in [0.717, 1.165) is 25.2 Å². The van der Waals surface area contributed by atoms with Gasteiger partial charge in [-0.25, -0.2) is 4.39 Å². The summed E-state index contributed by atoms with van der Waals surface area (Å²) < 4.78 is 13.1. The minimum atomic E-state index is -0.267. The van der Waals surface area contributed by atoms with Gasteiger partial charge in [0.2, 0.25) is 0 Å². The van der Waals surface area contributed by atoms with Gasteiger partial charge in [-0.1, -0.05) is 6.92 Å². The van der Waals surface area contributed by atoms with Crippen LogP contribution in [0.4, 0.5) is 4.39 Å². The van der Waals surface area contributed by atoms with Crippen LogP contribution in [0.15, 0.2) is 18.3 Å². The lowest BCUT2D eigenvalue weighted by Gasteiger charge is -2.36. The number of hydrogen-bond acceptors (Lipinski definition) is 3. The van der Waals surface area contributed by atoms with E-state index in [1.165, 1.54) is 25.1 Å². The minimum Gasteiger partial charge on any atom is -0.313 e. The molecule has 4 heteroatoms. The summed E-state index contributed by atoms with van der Waals surface area (Å²) in [7, 11) is 0. The summed E-state index contributed by atoms with van der Waals surface area (Å²) in [5.41, 5.74) is 0.973. The van der Waals surface area contributed by atoms with Crippen molar-refractivity contribution < 1.29 is 4.39 Å². The molecule has 2 unspecified atom stereocenters. The molecule has 2 atom stereocenters. The highest BCUT2D eigenvalue weighted by Gasteiger charge is 2.26. The van der Waals surface area contributed by atoms with Crippen molar-refractivity contribution in [3.63, 3.8) is 0 Å². The third-order valence-electron chi connectivity index (χ3n) is 4.14. The molecule has 0 amide bonds. The third-order valence-corrected chi connectivity index (χ3v) is 4.14. The normalized spacial score (nSPS) is 20.8. The smallest absolute Gasteiger partial charge is 0.141 e. The lowest BCUT2D eigenvalue weighted by Crippen LogP contribution is -2.43. The molecule has 0 radical (unpaired) electrons. The Morgan fingerprint density at radius 1 is 1.45 bits per heavy atom. The lowest BCUT2D eigenvalue weighted by molar-refractivity contribution is 0.132. The van der Waals surface area contributed by atoms with Crippen molar-refractivity contribution in [3.8, 4) is 0 Å². The predicted octanol–water partition coefficient (Wildman–Crippen LogP) is 3.13. The van der Waals surface area contributed by atoms with Gasteiger partial charge in [-0.2, -0.15) is 0 Å². The highest BCUT2D eigenvalue weighted by Crippen LogP contribution is 2.26. The second-order valence-electron chi connectivity index (χ2n) is 5.91. The number of pyridine rings is 1. The van der Waals surface area contributed by atoms with E-state index in [2.05, 4.69) is 36.0 Å². The van der Waals surface area contributed by atoms with Gasteiger partial charge in [-0.15, -0.1) is 0 Å². The Labute approximate surface area is 121 Å². The van der Waals surface area contributed by atoms with Gasteiger partial charge >= 0.3 is 0 Å². The van der Waals surface area contributed by atoms with E-state index in [4.69, 9.17) is 0 Å². The number of hydrogen-bond donors (Lipinski definition) is 1. The van der Waals surface area contributed by atoms with Crippen LogP contribution >= 0.6 is 0 Å². The van der Waals surface area contributed by atoms with E-state index in [-0.39, 0.29) is 11.9 Å². The Balaban J connectivity index is 2.13. The van der Waals surface area contributed by atoms with Crippen LogP contribution in [0, 0.1) is 5.82 Å². The zero-order valence-electron chi connectivity index (χ0n) is 12.8. The summed E-state index contributed by atoms with van der Waals surface area (Å²) in [6.45, 7) is 8.78. The van der Waals surface area contributed by atoms with Crippen molar-refractivity contribution in [2.75, 3.05) is 13.1 Å². The fourth-order valence-electron chi connectivity index (χ4n) is 3.06. The molecule has 0 aliphatic carbocycles. The second-order valence-corrected chi connectivity index (χ2v) is 5.91. The second kappa shape index (κ2) is 7.14. The summed E-state index contributed by atoms with van der Waals surface area (Å²) >= 11 is 0. The summed E-state index contributed by atoms with van der Waals surface area (Å²) in [4.78, 5) is 6.78. The van der Waals surface area contributed by atoms with Gasteiger partial charge in [0, 0.05) is 18.6 Å². The minimum absolute atomic E-state index is 0.262. The number of nitrogens with one attached hydrogen (secondary N) is 1. The fourth-order valence-corrected chi connectivity index (χ4v) is 3.06. The van der Waals surface area contributed by atoms with Crippen molar-refractivity contribution in [1.82, 2.24) is 15.2 Å². The molecule has 2 rings (SSSR count). The molecular formula is C16H26FN3. The quantitative estimate of drug-likeness (QED) is 0.867. The zero-order chi connectivity index (χ0) is 14.5. The molecular weight excluding hydrogens is 253 g/mol. The monoisotopic (exact) mass is 279 g/mol. The Morgan fingerprint density at radius 3 is 2.75 bits per heavy atom. The summed E-state index contributed by atoms with van der Waals surface area (Å²) in [5.74, 6) is -0.267. The molecule has 1 saturated heterocycles. The molecule has 0 spiro atoms. The highest BCUT2D eigenvalue weighted by molar-refractivity contribution is 5.10. The lowest BCUT2D eigenvalue weighted by atomic mass is 10.0. The molecule has 0 saturated carbocycles. The van der Waals surface area contributed by atoms with Gasteiger partial charge in [-0.05, 0) is 51.8 Å². The van der Waals surface area contributed by atoms with Gasteiger partial charge in [0.25, 0.3) is 0 Å². The van der Waals surface area contributed by atoms with Crippen LogP contribution in [-0.2, 0) is 0 Å². The first-order chi connectivity index (χ1) is 9.61. The topological polar surface area (TPSA) is 28.2 Å². The van der Waals surface area contributed by atoms with Crippen LogP contribution in [0.2, 0.25) is 0 Å². The van der Waals surface area contributed by atoms with Crippen LogP contribution in [0.1, 0.15) is 51.8 Å². The molecule has 1 aromatic rings. The van der Waals surface area contributed by atoms with Crippen molar-refractivity contribution in [3.05, 3.63) is 29.8 Å². The largest absolute Gasteiger partial charge is 0.313 e. The molecule has 0 bridgehead atoms. The van der Waals surface area contributed by atoms with Crippen LogP contribution in [0.5, 0.6) is 0 Å². The molecule has 1 N–H and O–H groups in total. The summed E-state index contributed by atoms with van der Waals surface area (Å²) in [6, 6.07) is 4.62. The predicted molar refractivity (Wildman–Crippen MR) is 80.1 cm³/mol. The number of rotatable bonds is 6. The standard InChI is InChI=1S/C16H26FN3/c1-4-16(15-8-7-13(17)10-19-15)20(12(2)3)11-14-6-5-9-18-14/h7-8,10,12,14,16,18H,4-6,9,11H2,1-3H3. The number of nitrogens with zero attached hydrogens (tertiary/aromatic N) is 2. The Morgan fingerprint density at radius 2 is 2.25 bits per heavy atom. The number of halogens is 1. The maximum atomic E-state index is 13.1. The van der Waals surface area contributed by atoms with Gasteiger partial charge in [-0.3, -0.25) is 9.88 Å². The Kier molecular flexibility index (Phi) is 5.49. The molecule has 0 aromatic carbocycles. The number of aromatic nitrogens is 1. The average molecular weight is 279 g/mol. The Hall–Kier alpha value is -1.00. The molecule has 3 nitrogen and oxygen atoms in total. The van der Waals surface area contributed by atoms with Gasteiger partial charge in [0.1, 0.15) is 5.82 Å².